The molecule has 0 aliphatic heterocycles. The Morgan fingerprint density at radius 3 is 2.56 bits per heavy atom. The number of hydrogen-bond acceptors (Lipinski definition) is 7. The number of aliphatic hydroxyl groups excluding tert-OH is 1. The van der Waals surface area contributed by atoms with Crippen LogP contribution in [0.3, 0.4) is 0 Å². The normalized spacial score (nSPS) is 18.3. The van der Waals surface area contributed by atoms with Gasteiger partial charge in [0.15, 0.2) is 0 Å². The summed E-state index contributed by atoms with van der Waals surface area (Å²) >= 11 is 1.47. The molecule has 36 heavy (non-hydrogen) atoms. The molecule has 3 unspecified atom stereocenters. The summed E-state index contributed by atoms with van der Waals surface area (Å²) in [5, 5.41) is 27.0. The van der Waals surface area contributed by atoms with Gasteiger partial charge >= 0.3 is 0 Å². The Morgan fingerprint density at radius 2 is 1.89 bits per heavy atom. The van der Waals surface area contributed by atoms with Gasteiger partial charge in [0.25, 0.3) is 5.91 Å². The van der Waals surface area contributed by atoms with E-state index in [2.05, 4.69) is 15.3 Å². The number of rotatable bonds is 9. The van der Waals surface area contributed by atoms with Crippen LogP contribution in [0.5, 0.6) is 0 Å². The molecule has 8 nitrogen and oxygen atoms in total. The van der Waals surface area contributed by atoms with Crippen molar-refractivity contribution in [2.24, 2.45) is 11.8 Å². The first-order valence-corrected chi connectivity index (χ1v) is 12.7. The number of fused-ring (bicyclic) bond motifs is 1. The van der Waals surface area contributed by atoms with E-state index >= 15 is 0 Å². The largest absolute Gasteiger partial charge is 0.391 e. The van der Waals surface area contributed by atoms with Crippen LogP contribution < -0.4 is 10.8 Å². The summed E-state index contributed by atoms with van der Waals surface area (Å²) in [6.07, 6.45) is -0.146. The third-order valence-electron chi connectivity index (χ3n) is 6.77. The van der Waals surface area contributed by atoms with Crippen LogP contribution >= 0.6 is 11.3 Å². The molecule has 1 aromatic carbocycles. The molecule has 4 N–H and O–H groups in total. The first-order valence-electron chi connectivity index (χ1n) is 11.8. The van der Waals surface area contributed by atoms with E-state index in [0.29, 0.717) is 11.0 Å². The van der Waals surface area contributed by atoms with Gasteiger partial charge in [-0.2, -0.15) is 11.3 Å². The van der Waals surface area contributed by atoms with Gasteiger partial charge in [0.2, 0.25) is 11.8 Å². The van der Waals surface area contributed by atoms with Crippen molar-refractivity contribution >= 4 is 34.2 Å². The predicted octanol–water partition coefficient (Wildman–Crippen LogP) is 3.73. The third-order valence-corrected chi connectivity index (χ3v) is 7.50. The van der Waals surface area contributed by atoms with E-state index in [1.165, 1.54) is 17.5 Å². The van der Waals surface area contributed by atoms with Crippen LogP contribution in [0.1, 0.15) is 48.2 Å². The number of thiophene rings is 1. The summed E-state index contributed by atoms with van der Waals surface area (Å²) in [5.74, 6) is -5.34. The summed E-state index contributed by atoms with van der Waals surface area (Å²) in [5.41, 5.74) is 3.77. The number of hydrogen-bond donors (Lipinski definition) is 4. The number of aliphatic hydroxyl groups is 1. The molecule has 0 radical (unpaired) electrons. The van der Waals surface area contributed by atoms with E-state index in [4.69, 9.17) is 0 Å². The minimum Gasteiger partial charge on any atom is -0.391 e. The number of amides is 2. The van der Waals surface area contributed by atoms with Gasteiger partial charge in [-0.25, -0.2) is 19.2 Å². The van der Waals surface area contributed by atoms with Gasteiger partial charge < -0.3 is 10.4 Å². The Kier molecular flexibility index (Phi) is 8.22. The molecule has 11 heteroatoms. The van der Waals surface area contributed by atoms with Crippen LogP contribution in [-0.4, -0.2) is 50.2 Å². The average Bonchev–Trinajstić information content (AvgIpc) is 3.39. The molecule has 0 bridgehead atoms. The molecule has 3 aromatic rings. The third kappa shape index (κ3) is 6.40. The number of benzene rings is 1. The average molecular weight is 519 g/mol. The van der Waals surface area contributed by atoms with Gasteiger partial charge in [-0.15, -0.1) is 0 Å². The fraction of sp³-hybridized carbons (Fsp3) is 0.440. The number of nitrogens with zero attached hydrogens (tertiary/aromatic N) is 2. The number of hydroxylamine groups is 1. The van der Waals surface area contributed by atoms with Crippen molar-refractivity contribution in [3.63, 3.8) is 0 Å². The van der Waals surface area contributed by atoms with Gasteiger partial charge in [-0.05, 0) is 66.1 Å². The molecule has 4 rings (SSSR count). The van der Waals surface area contributed by atoms with Gasteiger partial charge in [0.05, 0.1) is 29.4 Å². The lowest BCUT2D eigenvalue weighted by atomic mass is 9.75. The second kappa shape index (κ2) is 11.4. The van der Waals surface area contributed by atoms with E-state index in [0.717, 1.165) is 5.56 Å². The van der Waals surface area contributed by atoms with Gasteiger partial charge in [0.1, 0.15) is 5.69 Å². The molecule has 0 spiro atoms. The zero-order chi connectivity index (χ0) is 25.7. The second-order valence-corrected chi connectivity index (χ2v) is 10.0. The highest BCUT2D eigenvalue weighted by molar-refractivity contribution is 7.07. The van der Waals surface area contributed by atoms with E-state index < -0.39 is 41.7 Å². The summed E-state index contributed by atoms with van der Waals surface area (Å²) in [6.45, 7) is 0. The van der Waals surface area contributed by atoms with E-state index in [9.17, 15) is 28.7 Å². The monoisotopic (exact) mass is 518 g/mol. The van der Waals surface area contributed by atoms with E-state index in [-0.39, 0.29) is 44.2 Å². The fourth-order valence-electron chi connectivity index (χ4n) is 4.74. The van der Waals surface area contributed by atoms with Gasteiger partial charge in [-0.1, -0.05) is 12.1 Å². The van der Waals surface area contributed by atoms with Crippen LogP contribution in [0.4, 0.5) is 8.78 Å². The predicted molar refractivity (Wildman–Crippen MR) is 130 cm³/mol. The molecule has 3 atom stereocenters. The van der Waals surface area contributed by atoms with Crippen molar-refractivity contribution in [1.29, 1.82) is 0 Å². The van der Waals surface area contributed by atoms with Gasteiger partial charge in [-0.3, -0.25) is 19.8 Å². The maximum atomic E-state index is 13.7. The molecule has 1 aliphatic carbocycles. The number of carbonyl (C=O) groups excluding carboxylic acids is 2. The summed E-state index contributed by atoms with van der Waals surface area (Å²) in [4.78, 5) is 34.1. The lowest BCUT2D eigenvalue weighted by Gasteiger charge is -2.34. The lowest BCUT2D eigenvalue weighted by molar-refractivity contribution is -0.139. The maximum Gasteiger partial charge on any atom is 0.271 e. The number of aromatic nitrogens is 2. The molecular formula is C25H28F2N4O4S. The Balaban J connectivity index is 1.52. The Morgan fingerprint density at radius 1 is 1.17 bits per heavy atom. The molecule has 1 aliphatic rings. The SMILES string of the molecule is O=C(NC(Cc1ccsc1)C(O)CC(C(=O)NO)C1CCC(F)(F)CC1)c1cnc2ccccc2n1. The fourth-order valence-corrected chi connectivity index (χ4v) is 5.42. The molecule has 2 aromatic heterocycles. The number of halogens is 2. The number of nitrogens with one attached hydrogen (secondary N) is 2. The van der Waals surface area contributed by atoms with Crippen LogP contribution in [-0.2, 0) is 11.2 Å². The minimum absolute atomic E-state index is 0.0791. The summed E-state index contributed by atoms with van der Waals surface area (Å²) in [6, 6.07) is 8.20. The van der Waals surface area contributed by atoms with Gasteiger partial charge in [0, 0.05) is 18.8 Å². The molecule has 2 heterocycles. The Bertz CT molecular complexity index is 1180. The molecule has 192 valence electrons. The van der Waals surface area contributed by atoms with Crippen molar-refractivity contribution in [3.8, 4) is 0 Å². The highest BCUT2D eigenvalue weighted by Crippen LogP contribution is 2.40. The minimum atomic E-state index is -2.77. The summed E-state index contributed by atoms with van der Waals surface area (Å²) in [7, 11) is 0. The quantitative estimate of drug-likeness (QED) is 0.253. The topological polar surface area (TPSA) is 124 Å². The molecule has 0 saturated heterocycles. The molecule has 1 fully saturated rings. The smallest absolute Gasteiger partial charge is 0.271 e. The Hall–Kier alpha value is -3.02. The lowest BCUT2D eigenvalue weighted by Crippen LogP contribution is -2.48. The van der Waals surface area contributed by atoms with Crippen molar-refractivity contribution in [1.82, 2.24) is 20.8 Å². The molecule has 1 saturated carbocycles. The number of para-hydroxylation sites is 2. The second-order valence-electron chi connectivity index (χ2n) is 9.24. The highest BCUT2D eigenvalue weighted by Gasteiger charge is 2.41. The van der Waals surface area contributed by atoms with Crippen LogP contribution in [0.25, 0.3) is 11.0 Å². The van der Waals surface area contributed by atoms with Crippen LogP contribution in [0, 0.1) is 11.8 Å². The van der Waals surface area contributed by atoms with Crippen molar-refractivity contribution < 1.29 is 28.7 Å². The van der Waals surface area contributed by atoms with Crippen molar-refractivity contribution in [3.05, 3.63) is 58.5 Å². The maximum absolute atomic E-state index is 13.7. The van der Waals surface area contributed by atoms with Crippen molar-refractivity contribution in [2.75, 3.05) is 0 Å². The van der Waals surface area contributed by atoms with Crippen LogP contribution in [0.2, 0.25) is 0 Å². The zero-order valence-electron chi connectivity index (χ0n) is 19.4. The Labute approximate surface area is 210 Å². The highest BCUT2D eigenvalue weighted by atomic mass is 32.1. The first kappa shape index (κ1) is 26.1. The molecule has 2 amide bonds. The van der Waals surface area contributed by atoms with Crippen LogP contribution in [0.15, 0.2) is 47.3 Å². The number of carbonyl (C=O) groups is 2. The zero-order valence-corrected chi connectivity index (χ0v) is 20.3. The summed E-state index contributed by atoms with van der Waals surface area (Å²) < 4.78 is 27.3. The standard InChI is InChI=1S/C25H28F2N4O4S/c26-25(27)8-5-16(6-9-25)17(23(33)31-35)12-22(32)20(11-15-7-10-36-14-15)30-24(34)21-13-28-18-3-1-2-4-19(18)29-21/h1-4,7,10,13-14,16-17,20,22,32,35H,5-6,8-9,11-12H2,(H,30,34)(H,31,33). The molecular weight excluding hydrogens is 490 g/mol. The number of alkyl halides is 2. The van der Waals surface area contributed by atoms with Crippen molar-refractivity contribution in [2.45, 2.75) is 56.6 Å². The first-order chi connectivity index (χ1) is 17.3. The van der Waals surface area contributed by atoms with E-state index in [1.807, 2.05) is 22.9 Å². The van der Waals surface area contributed by atoms with E-state index in [1.54, 1.807) is 23.7 Å².